The van der Waals surface area contributed by atoms with Gasteiger partial charge in [0.1, 0.15) is 17.1 Å². The Hall–Kier alpha value is -6.70. The summed E-state index contributed by atoms with van der Waals surface area (Å²) in [6, 6.07) is 55.8. The third-order valence-corrected chi connectivity index (χ3v) is 10.7. The molecule has 226 valence electrons. The molecule has 11 rings (SSSR count). The summed E-state index contributed by atoms with van der Waals surface area (Å²) >= 11 is 0. The van der Waals surface area contributed by atoms with Crippen LogP contribution in [0.25, 0.3) is 60.6 Å². The summed E-state index contributed by atoms with van der Waals surface area (Å²) in [5.74, 6) is 1.67. The van der Waals surface area contributed by atoms with Crippen molar-refractivity contribution >= 4 is 38.4 Å². The van der Waals surface area contributed by atoms with Crippen LogP contribution in [0.4, 0.5) is 0 Å². The van der Waals surface area contributed by atoms with Crippen LogP contribution in [0.2, 0.25) is 0 Å². The van der Waals surface area contributed by atoms with Crippen LogP contribution >= 0.6 is 0 Å². The lowest BCUT2D eigenvalue weighted by atomic mass is 9.65. The van der Waals surface area contributed by atoms with Crippen LogP contribution in [0.5, 0.6) is 11.5 Å². The molecule has 0 unspecified atom stereocenters. The summed E-state index contributed by atoms with van der Waals surface area (Å²) in [4.78, 5) is 5.11. The van der Waals surface area contributed by atoms with Crippen LogP contribution in [0, 0.1) is 11.3 Å². The highest BCUT2D eigenvalue weighted by Crippen LogP contribution is 2.62. The normalized spacial score (nSPS) is 13.6. The predicted molar refractivity (Wildman–Crippen MR) is 195 cm³/mol. The predicted octanol–water partition coefficient (Wildman–Crippen LogP) is 10.8. The van der Waals surface area contributed by atoms with Crippen molar-refractivity contribution in [2.45, 2.75) is 5.41 Å². The highest BCUT2D eigenvalue weighted by molar-refractivity contribution is 6.14. The first-order valence-corrected chi connectivity index (χ1v) is 16.5. The third-order valence-electron chi connectivity index (χ3n) is 10.7. The molecule has 0 fully saturated rings. The van der Waals surface area contributed by atoms with Gasteiger partial charge in [-0.3, -0.25) is 4.40 Å². The molecule has 4 nitrogen and oxygen atoms in total. The summed E-state index contributed by atoms with van der Waals surface area (Å²) in [5.41, 5.74) is 13.3. The number of hydrogen-bond donors (Lipinski definition) is 0. The minimum absolute atomic E-state index is 0.645. The number of nitrogens with zero attached hydrogens (tertiary/aromatic N) is 3. The Kier molecular flexibility index (Phi) is 5.08. The van der Waals surface area contributed by atoms with Gasteiger partial charge in [0.05, 0.1) is 33.6 Å². The van der Waals surface area contributed by atoms with E-state index in [2.05, 4.69) is 138 Å². The Balaban J connectivity index is 1.21. The fraction of sp³-hybridized carbons (Fsp3) is 0.0222. The molecule has 0 atom stereocenters. The van der Waals surface area contributed by atoms with Gasteiger partial charge >= 0.3 is 0 Å². The molecule has 2 aliphatic rings. The van der Waals surface area contributed by atoms with Gasteiger partial charge < -0.3 is 4.74 Å². The van der Waals surface area contributed by atoms with E-state index in [9.17, 15) is 5.26 Å². The molecule has 49 heavy (non-hydrogen) atoms. The second kappa shape index (κ2) is 9.44. The summed E-state index contributed by atoms with van der Waals surface area (Å²) in [6.07, 6.45) is 0. The van der Waals surface area contributed by atoms with Crippen LogP contribution in [-0.2, 0) is 5.41 Å². The van der Waals surface area contributed by atoms with Gasteiger partial charge in [0.25, 0.3) is 0 Å². The van der Waals surface area contributed by atoms with E-state index in [1.165, 1.54) is 21.9 Å². The van der Waals surface area contributed by atoms with E-state index >= 15 is 0 Å². The van der Waals surface area contributed by atoms with Crippen molar-refractivity contribution in [3.05, 3.63) is 179 Å². The molecule has 0 saturated heterocycles. The van der Waals surface area contributed by atoms with Gasteiger partial charge in [-0.2, -0.15) is 5.26 Å². The number of pyridine rings is 1. The van der Waals surface area contributed by atoms with Crippen LogP contribution in [0.15, 0.2) is 152 Å². The lowest BCUT2D eigenvalue weighted by Gasteiger charge is -2.39. The molecule has 1 aliphatic carbocycles. The number of rotatable bonds is 1. The van der Waals surface area contributed by atoms with E-state index in [-0.39, 0.29) is 0 Å². The summed E-state index contributed by atoms with van der Waals surface area (Å²) in [6.45, 7) is 0. The number of ether oxygens (including phenoxy) is 1. The van der Waals surface area contributed by atoms with Crippen molar-refractivity contribution in [2.24, 2.45) is 0 Å². The number of fused-ring (bicyclic) bond motifs is 17. The highest BCUT2D eigenvalue weighted by Gasteiger charge is 2.51. The molecule has 9 aromatic rings. The van der Waals surface area contributed by atoms with Crippen molar-refractivity contribution in [3.8, 4) is 39.8 Å². The Morgan fingerprint density at radius 2 is 1.16 bits per heavy atom. The van der Waals surface area contributed by atoms with Crippen molar-refractivity contribution in [2.75, 3.05) is 0 Å². The van der Waals surface area contributed by atoms with Crippen LogP contribution < -0.4 is 4.74 Å². The topological polar surface area (TPSA) is 50.3 Å². The van der Waals surface area contributed by atoms with Crippen molar-refractivity contribution < 1.29 is 4.74 Å². The lowest BCUT2D eigenvalue weighted by Crippen LogP contribution is -2.32. The maximum atomic E-state index is 10.0. The molecular formula is C45H25N3O. The van der Waals surface area contributed by atoms with Gasteiger partial charge in [0.15, 0.2) is 0 Å². The Morgan fingerprint density at radius 3 is 1.96 bits per heavy atom. The standard InChI is InChI=1S/C45H25N3O/c46-26-27-17-20-30-31-21-18-29(25-38(31)45(37(30)23-27)35-10-2-7-15-42(35)49-43-16-8-3-11-36(43)45)28-19-22-33-34(24-28)32-9-1-5-13-40(32)48-41-14-6-4-12-39(41)47-44(33)48/h1-25H. The Morgan fingerprint density at radius 1 is 0.531 bits per heavy atom. The van der Waals surface area contributed by atoms with E-state index in [1.54, 1.807) is 0 Å². The largest absolute Gasteiger partial charge is 0.457 e. The maximum absolute atomic E-state index is 10.0. The molecule has 1 spiro atoms. The maximum Gasteiger partial charge on any atom is 0.146 e. The van der Waals surface area contributed by atoms with Gasteiger partial charge in [0.2, 0.25) is 0 Å². The number of imidazole rings is 1. The summed E-state index contributed by atoms with van der Waals surface area (Å²) < 4.78 is 8.83. The van der Waals surface area contributed by atoms with Crippen LogP contribution in [-0.4, -0.2) is 9.38 Å². The molecular weight excluding hydrogens is 599 g/mol. The van der Waals surface area contributed by atoms with Gasteiger partial charge in [-0.1, -0.05) is 91.0 Å². The molecule has 7 aromatic carbocycles. The number of para-hydroxylation sites is 5. The van der Waals surface area contributed by atoms with Crippen molar-refractivity contribution in [1.29, 1.82) is 5.26 Å². The molecule has 4 heteroatoms. The summed E-state index contributed by atoms with van der Waals surface area (Å²) in [7, 11) is 0. The highest BCUT2D eigenvalue weighted by atomic mass is 16.5. The second-order valence-electron chi connectivity index (χ2n) is 13.0. The smallest absolute Gasteiger partial charge is 0.146 e. The Bertz CT molecular complexity index is 2900. The molecule has 0 N–H and O–H groups in total. The van der Waals surface area contributed by atoms with E-state index in [4.69, 9.17) is 9.72 Å². The fourth-order valence-electron chi connectivity index (χ4n) is 8.64. The summed E-state index contributed by atoms with van der Waals surface area (Å²) in [5, 5.41) is 13.5. The van der Waals surface area contributed by atoms with Gasteiger partial charge in [-0.05, 0) is 99.4 Å². The second-order valence-corrected chi connectivity index (χ2v) is 13.0. The molecule has 1 aliphatic heterocycles. The van der Waals surface area contributed by atoms with E-state index in [0.717, 1.165) is 72.5 Å². The zero-order valence-corrected chi connectivity index (χ0v) is 26.2. The monoisotopic (exact) mass is 623 g/mol. The fourth-order valence-corrected chi connectivity index (χ4v) is 8.64. The van der Waals surface area contributed by atoms with Gasteiger partial charge in [-0.15, -0.1) is 0 Å². The average Bonchev–Trinajstić information content (AvgIpc) is 3.69. The van der Waals surface area contributed by atoms with E-state index in [0.29, 0.717) is 5.56 Å². The van der Waals surface area contributed by atoms with Crippen LogP contribution in [0.1, 0.15) is 27.8 Å². The molecule has 2 aromatic heterocycles. The first kappa shape index (κ1) is 26.4. The van der Waals surface area contributed by atoms with E-state index in [1.807, 2.05) is 24.3 Å². The van der Waals surface area contributed by atoms with Crippen LogP contribution in [0.3, 0.4) is 0 Å². The number of nitriles is 1. The molecule has 0 amide bonds. The zero-order valence-electron chi connectivity index (χ0n) is 26.2. The van der Waals surface area contributed by atoms with E-state index < -0.39 is 5.41 Å². The first-order valence-electron chi connectivity index (χ1n) is 16.5. The van der Waals surface area contributed by atoms with Crippen molar-refractivity contribution in [3.63, 3.8) is 0 Å². The minimum atomic E-state index is -0.648. The van der Waals surface area contributed by atoms with Gasteiger partial charge in [0, 0.05) is 21.9 Å². The zero-order chi connectivity index (χ0) is 32.3. The Labute approximate surface area is 281 Å². The number of aromatic nitrogens is 2. The molecule has 0 radical (unpaired) electrons. The molecule has 3 heterocycles. The molecule has 0 bridgehead atoms. The third kappa shape index (κ3) is 3.33. The number of hydrogen-bond acceptors (Lipinski definition) is 3. The minimum Gasteiger partial charge on any atom is -0.457 e. The number of benzene rings is 7. The SMILES string of the molecule is N#Cc1ccc2c(c1)C1(c3ccccc3Oc3ccccc31)c1cc(-c3ccc4c(c3)c3ccccc3n3c5ccccc5nc43)ccc1-2. The van der Waals surface area contributed by atoms with Gasteiger partial charge in [-0.25, -0.2) is 4.98 Å². The average molecular weight is 624 g/mol. The first-order chi connectivity index (χ1) is 24.2. The van der Waals surface area contributed by atoms with Crippen molar-refractivity contribution in [1.82, 2.24) is 9.38 Å². The quantitative estimate of drug-likeness (QED) is 0.171. The lowest BCUT2D eigenvalue weighted by molar-refractivity contribution is 0.436. The molecule has 0 saturated carbocycles.